The molecule has 0 radical (unpaired) electrons. The maximum Gasteiger partial charge on any atom is 0.246 e. The molecule has 2 aromatic carbocycles. The maximum atomic E-state index is 12.7. The Bertz CT molecular complexity index is 1110. The Labute approximate surface area is 166 Å². The number of hydrogen-bond donors (Lipinski definition) is 0. The molecule has 5 nitrogen and oxygen atoms in total. The van der Waals surface area contributed by atoms with Crippen molar-refractivity contribution in [2.75, 3.05) is 13.1 Å². The minimum Gasteiger partial charge on any atom is -0.437 e. The first kappa shape index (κ1) is 17.1. The minimum atomic E-state index is -0.00642. The molecule has 0 aliphatic carbocycles. The highest BCUT2D eigenvalue weighted by atomic mass is 32.1. The van der Waals surface area contributed by atoms with E-state index >= 15 is 0 Å². The second-order valence-electron chi connectivity index (χ2n) is 7.00. The van der Waals surface area contributed by atoms with E-state index in [2.05, 4.69) is 11.1 Å². The summed E-state index contributed by atoms with van der Waals surface area (Å²) in [5.74, 6) is 0.746. The van der Waals surface area contributed by atoms with Crippen molar-refractivity contribution in [1.29, 1.82) is 0 Å². The molecular formula is C22H19N3O2S. The van der Waals surface area contributed by atoms with Gasteiger partial charge in [-0.25, -0.2) is 9.97 Å². The molecule has 5 rings (SSSR count). The molecule has 4 aromatic rings. The highest BCUT2D eigenvalue weighted by molar-refractivity contribution is 7.18. The third kappa shape index (κ3) is 3.31. The van der Waals surface area contributed by atoms with Crippen molar-refractivity contribution in [3.63, 3.8) is 0 Å². The van der Waals surface area contributed by atoms with Crippen LogP contribution in [0.3, 0.4) is 0 Å². The van der Waals surface area contributed by atoms with Crippen LogP contribution in [0.25, 0.3) is 27.4 Å². The summed E-state index contributed by atoms with van der Waals surface area (Å²) >= 11 is 1.74. The minimum absolute atomic E-state index is 0.00642. The van der Waals surface area contributed by atoms with Gasteiger partial charge in [-0.1, -0.05) is 24.3 Å². The number of nitrogens with zero attached hydrogens (tertiary/aromatic N) is 3. The number of fused-ring (bicyclic) bond motifs is 2. The number of para-hydroxylation sites is 3. The molecule has 1 aliphatic heterocycles. The second kappa shape index (κ2) is 7.20. The van der Waals surface area contributed by atoms with Gasteiger partial charge in [0.25, 0.3) is 0 Å². The molecule has 0 spiro atoms. The molecule has 0 N–H and O–H groups in total. The van der Waals surface area contributed by atoms with Crippen LogP contribution in [0, 0.1) is 0 Å². The average Bonchev–Trinajstić information content (AvgIpc) is 3.35. The summed E-state index contributed by atoms with van der Waals surface area (Å²) in [6.45, 7) is 1.48. The van der Waals surface area contributed by atoms with Crippen LogP contribution in [0.1, 0.15) is 29.7 Å². The number of benzene rings is 2. The predicted octanol–water partition coefficient (Wildman–Crippen LogP) is 4.86. The lowest BCUT2D eigenvalue weighted by molar-refractivity contribution is -0.127. The van der Waals surface area contributed by atoms with Gasteiger partial charge in [-0.3, -0.25) is 4.79 Å². The number of thiazole rings is 1. The molecule has 1 saturated heterocycles. The van der Waals surface area contributed by atoms with E-state index in [1.54, 1.807) is 23.5 Å². The molecule has 0 unspecified atom stereocenters. The molecule has 1 aliphatic rings. The number of hydrogen-bond acceptors (Lipinski definition) is 5. The lowest BCUT2D eigenvalue weighted by atomic mass is 9.98. The van der Waals surface area contributed by atoms with Gasteiger partial charge in [0.1, 0.15) is 5.52 Å². The highest BCUT2D eigenvalue weighted by Crippen LogP contribution is 2.33. The fourth-order valence-corrected chi connectivity index (χ4v) is 4.75. The van der Waals surface area contributed by atoms with Crippen LogP contribution >= 0.6 is 11.3 Å². The van der Waals surface area contributed by atoms with Crippen molar-refractivity contribution in [1.82, 2.24) is 14.9 Å². The Hall–Kier alpha value is -2.99. The number of carbonyl (C=O) groups excluding carboxylic acids is 1. The maximum absolute atomic E-state index is 12.7. The van der Waals surface area contributed by atoms with Crippen molar-refractivity contribution in [3.05, 3.63) is 65.5 Å². The van der Waals surface area contributed by atoms with E-state index in [0.29, 0.717) is 18.4 Å². The lowest BCUT2D eigenvalue weighted by Crippen LogP contribution is -2.38. The Morgan fingerprint density at radius 1 is 1.11 bits per heavy atom. The SMILES string of the molecule is O=C(/C=C/c1nc2ccccc2o1)N1CCC[C@@H](c2nc3ccccc3s2)C1. The van der Waals surface area contributed by atoms with Gasteiger partial charge in [0.15, 0.2) is 5.58 Å². The quantitative estimate of drug-likeness (QED) is 0.470. The smallest absolute Gasteiger partial charge is 0.246 e. The molecule has 2 aromatic heterocycles. The van der Waals surface area contributed by atoms with E-state index < -0.39 is 0 Å². The molecule has 140 valence electrons. The van der Waals surface area contributed by atoms with Gasteiger partial charge < -0.3 is 9.32 Å². The molecular weight excluding hydrogens is 370 g/mol. The Morgan fingerprint density at radius 3 is 2.79 bits per heavy atom. The van der Waals surface area contributed by atoms with E-state index in [1.165, 1.54) is 4.70 Å². The Kier molecular flexibility index (Phi) is 4.41. The van der Waals surface area contributed by atoms with Crippen LogP contribution in [0.2, 0.25) is 0 Å². The van der Waals surface area contributed by atoms with Crippen LogP contribution in [0.15, 0.2) is 59.0 Å². The molecule has 1 fully saturated rings. The third-order valence-electron chi connectivity index (χ3n) is 5.07. The van der Waals surface area contributed by atoms with Crippen molar-refractivity contribution < 1.29 is 9.21 Å². The van der Waals surface area contributed by atoms with Crippen molar-refractivity contribution in [3.8, 4) is 0 Å². The summed E-state index contributed by atoms with van der Waals surface area (Å²) in [6.07, 6.45) is 5.27. The summed E-state index contributed by atoms with van der Waals surface area (Å²) in [4.78, 5) is 23.8. The van der Waals surface area contributed by atoms with Gasteiger partial charge in [0.05, 0.1) is 15.2 Å². The van der Waals surface area contributed by atoms with Crippen LogP contribution in [-0.2, 0) is 4.79 Å². The largest absolute Gasteiger partial charge is 0.437 e. The molecule has 28 heavy (non-hydrogen) atoms. The number of rotatable bonds is 3. The second-order valence-corrected chi connectivity index (χ2v) is 8.06. The predicted molar refractivity (Wildman–Crippen MR) is 111 cm³/mol. The number of carbonyl (C=O) groups is 1. The van der Waals surface area contributed by atoms with Gasteiger partial charge in [-0.2, -0.15) is 0 Å². The van der Waals surface area contributed by atoms with Gasteiger partial charge in [0.2, 0.25) is 11.8 Å². The van der Waals surface area contributed by atoms with Crippen LogP contribution < -0.4 is 0 Å². The standard InChI is InChI=1S/C22H19N3O2S/c26-21(12-11-20-23-16-7-1-3-9-18(16)27-20)25-13-5-6-15(14-25)22-24-17-8-2-4-10-19(17)28-22/h1-4,7-12,15H,5-6,13-14H2/b12-11+/t15-/m1/s1. The number of aromatic nitrogens is 2. The third-order valence-corrected chi connectivity index (χ3v) is 6.27. The van der Waals surface area contributed by atoms with Crippen LogP contribution in [-0.4, -0.2) is 33.9 Å². The van der Waals surface area contributed by atoms with Crippen molar-refractivity contribution in [2.24, 2.45) is 0 Å². The Balaban J connectivity index is 1.30. The number of amides is 1. The zero-order chi connectivity index (χ0) is 18.9. The van der Waals surface area contributed by atoms with E-state index in [-0.39, 0.29) is 5.91 Å². The zero-order valence-corrected chi connectivity index (χ0v) is 16.1. The summed E-state index contributed by atoms with van der Waals surface area (Å²) < 4.78 is 6.86. The topological polar surface area (TPSA) is 59.2 Å². The van der Waals surface area contributed by atoms with Crippen molar-refractivity contribution >= 4 is 44.6 Å². The van der Waals surface area contributed by atoms with E-state index in [4.69, 9.17) is 9.40 Å². The average molecular weight is 389 g/mol. The summed E-state index contributed by atoms with van der Waals surface area (Å²) in [5, 5.41) is 1.13. The summed E-state index contributed by atoms with van der Waals surface area (Å²) in [5.41, 5.74) is 2.56. The fraction of sp³-hybridized carbons (Fsp3) is 0.227. The van der Waals surface area contributed by atoms with Crippen LogP contribution in [0.5, 0.6) is 0 Å². The molecule has 3 heterocycles. The molecule has 1 atom stereocenters. The van der Waals surface area contributed by atoms with E-state index in [1.807, 2.05) is 47.4 Å². The normalized spacial score (nSPS) is 17.7. The van der Waals surface area contributed by atoms with Crippen LogP contribution in [0.4, 0.5) is 0 Å². The van der Waals surface area contributed by atoms with Crippen molar-refractivity contribution in [2.45, 2.75) is 18.8 Å². The number of likely N-dealkylation sites (tertiary alicyclic amines) is 1. The van der Waals surface area contributed by atoms with E-state index in [0.717, 1.165) is 41.0 Å². The van der Waals surface area contributed by atoms with Gasteiger partial charge in [-0.05, 0) is 37.1 Å². The van der Waals surface area contributed by atoms with Gasteiger partial charge in [-0.15, -0.1) is 11.3 Å². The van der Waals surface area contributed by atoms with Gasteiger partial charge >= 0.3 is 0 Å². The van der Waals surface area contributed by atoms with Gasteiger partial charge in [0, 0.05) is 31.2 Å². The fourth-order valence-electron chi connectivity index (χ4n) is 3.65. The molecule has 6 heteroatoms. The number of piperidine rings is 1. The molecule has 0 saturated carbocycles. The highest BCUT2D eigenvalue weighted by Gasteiger charge is 2.26. The first-order valence-electron chi connectivity index (χ1n) is 9.44. The Morgan fingerprint density at radius 2 is 1.93 bits per heavy atom. The van der Waals surface area contributed by atoms with E-state index in [9.17, 15) is 4.79 Å². The first-order chi connectivity index (χ1) is 13.8. The lowest BCUT2D eigenvalue weighted by Gasteiger charge is -2.31. The molecule has 0 bridgehead atoms. The number of oxazole rings is 1. The first-order valence-corrected chi connectivity index (χ1v) is 10.3. The molecule has 1 amide bonds. The summed E-state index contributed by atoms with van der Waals surface area (Å²) in [6, 6.07) is 15.8. The summed E-state index contributed by atoms with van der Waals surface area (Å²) in [7, 11) is 0. The zero-order valence-electron chi connectivity index (χ0n) is 15.2. The monoisotopic (exact) mass is 389 g/mol.